The van der Waals surface area contributed by atoms with E-state index in [1.54, 1.807) is 31.5 Å². The van der Waals surface area contributed by atoms with Crippen LogP contribution < -0.4 is 10.2 Å². The quantitative estimate of drug-likeness (QED) is 0.607. The Morgan fingerprint density at radius 2 is 1.92 bits per heavy atom. The average molecular weight is 346 g/mol. The van der Waals surface area contributed by atoms with Gasteiger partial charge in [-0.1, -0.05) is 23.4 Å². The minimum absolute atomic E-state index is 0.135. The molecule has 0 saturated carbocycles. The molecular formula is C19H14N4O3. The first kappa shape index (κ1) is 15.8. The molecule has 3 aromatic heterocycles. The fourth-order valence-corrected chi connectivity index (χ4v) is 2.43. The average Bonchev–Trinajstić information content (AvgIpc) is 3.13. The molecule has 0 fully saturated rings. The molecule has 0 amide bonds. The van der Waals surface area contributed by atoms with Crippen molar-refractivity contribution in [2.75, 3.05) is 0 Å². The number of rotatable bonds is 4. The summed E-state index contributed by atoms with van der Waals surface area (Å²) in [6.45, 7) is 1.80. The number of nitrogens with zero attached hydrogens (tertiary/aromatic N) is 3. The van der Waals surface area contributed by atoms with Gasteiger partial charge in [-0.2, -0.15) is 4.98 Å². The van der Waals surface area contributed by atoms with Crippen molar-refractivity contribution in [2.24, 2.45) is 0 Å². The number of para-hydroxylation sites is 1. The highest BCUT2D eigenvalue weighted by Gasteiger charge is 2.17. The summed E-state index contributed by atoms with van der Waals surface area (Å²) in [4.78, 5) is 23.7. The maximum atomic E-state index is 12.1. The standard InChI is InChI=1S/C19H14N4O3/c1-12-10-16(24)15(11-21-12)19-22-17(23-26-19)14-8-5-9-20-18(14)25-13-6-3-2-4-7-13/h2-11H,1H3,(H,21,24). The monoisotopic (exact) mass is 346 g/mol. The number of ether oxygens (including phenoxy) is 1. The zero-order valence-electron chi connectivity index (χ0n) is 13.8. The van der Waals surface area contributed by atoms with Crippen molar-refractivity contribution in [2.45, 2.75) is 6.92 Å². The maximum absolute atomic E-state index is 12.1. The number of H-pyrrole nitrogens is 1. The van der Waals surface area contributed by atoms with Crippen molar-refractivity contribution in [3.63, 3.8) is 0 Å². The van der Waals surface area contributed by atoms with Crippen LogP contribution in [0.2, 0.25) is 0 Å². The number of pyridine rings is 2. The van der Waals surface area contributed by atoms with E-state index in [9.17, 15) is 4.79 Å². The molecular weight excluding hydrogens is 332 g/mol. The molecule has 3 heterocycles. The molecule has 0 bridgehead atoms. The lowest BCUT2D eigenvalue weighted by Gasteiger charge is -2.06. The molecule has 128 valence electrons. The highest BCUT2D eigenvalue weighted by atomic mass is 16.5. The topological polar surface area (TPSA) is 93.9 Å². The van der Waals surface area contributed by atoms with E-state index in [1.165, 1.54) is 6.07 Å². The van der Waals surface area contributed by atoms with Crippen LogP contribution in [0.25, 0.3) is 22.8 Å². The Morgan fingerprint density at radius 1 is 1.08 bits per heavy atom. The Hall–Kier alpha value is -3.74. The maximum Gasteiger partial charge on any atom is 0.263 e. The summed E-state index contributed by atoms with van der Waals surface area (Å²) in [6.07, 6.45) is 3.17. The summed E-state index contributed by atoms with van der Waals surface area (Å²) >= 11 is 0. The number of aromatic nitrogens is 4. The van der Waals surface area contributed by atoms with Gasteiger partial charge in [0.1, 0.15) is 11.3 Å². The van der Waals surface area contributed by atoms with E-state index in [-0.39, 0.29) is 11.3 Å². The van der Waals surface area contributed by atoms with E-state index in [1.807, 2.05) is 30.3 Å². The number of hydrogen-bond donors (Lipinski definition) is 1. The molecule has 0 saturated heterocycles. The van der Waals surface area contributed by atoms with Gasteiger partial charge < -0.3 is 14.2 Å². The SMILES string of the molecule is Cc1cc(=O)c(-c2nc(-c3cccnc3Oc3ccccc3)no2)c[nH]1. The summed E-state index contributed by atoms with van der Waals surface area (Å²) in [5.41, 5.74) is 1.44. The predicted octanol–water partition coefficient (Wildman–Crippen LogP) is 3.59. The number of benzene rings is 1. The van der Waals surface area contributed by atoms with E-state index < -0.39 is 0 Å². The van der Waals surface area contributed by atoms with Crippen LogP contribution in [0.15, 0.2) is 70.2 Å². The van der Waals surface area contributed by atoms with Crippen LogP contribution >= 0.6 is 0 Å². The lowest BCUT2D eigenvalue weighted by molar-refractivity contribution is 0.430. The summed E-state index contributed by atoms with van der Waals surface area (Å²) in [5.74, 6) is 1.42. The fraction of sp³-hybridized carbons (Fsp3) is 0.0526. The molecule has 0 aliphatic rings. The van der Waals surface area contributed by atoms with Crippen LogP contribution in [0.4, 0.5) is 0 Å². The van der Waals surface area contributed by atoms with Crippen LogP contribution in [0.5, 0.6) is 11.6 Å². The molecule has 1 N–H and O–H groups in total. The lowest BCUT2D eigenvalue weighted by atomic mass is 10.2. The fourth-order valence-electron chi connectivity index (χ4n) is 2.43. The minimum atomic E-state index is -0.191. The molecule has 0 aliphatic heterocycles. The summed E-state index contributed by atoms with van der Waals surface area (Å²) < 4.78 is 11.1. The second-order valence-corrected chi connectivity index (χ2v) is 5.59. The normalized spacial score (nSPS) is 10.7. The largest absolute Gasteiger partial charge is 0.438 e. The van der Waals surface area contributed by atoms with Crippen molar-refractivity contribution in [1.82, 2.24) is 20.1 Å². The zero-order valence-corrected chi connectivity index (χ0v) is 13.8. The third-order valence-electron chi connectivity index (χ3n) is 3.68. The van der Waals surface area contributed by atoms with Gasteiger partial charge in [-0.15, -0.1) is 0 Å². The van der Waals surface area contributed by atoms with Crippen molar-refractivity contribution >= 4 is 0 Å². The summed E-state index contributed by atoms with van der Waals surface area (Å²) in [6, 6.07) is 14.3. The van der Waals surface area contributed by atoms with Crippen molar-refractivity contribution in [3.05, 3.63) is 76.8 Å². The Morgan fingerprint density at radius 3 is 2.73 bits per heavy atom. The first-order valence-corrected chi connectivity index (χ1v) is 7.92. The number of nitrogens with one attached hydrogen (secondary N) is 1. The van der Waals surface area contributed by atoms with Gasteiger partial charge in [0.15, 0.2) is 5.43 Å². The van der Waals surface area contributed by atoms with E-state index in [0.29, 0.717) is 28.6 Å². The molecule has 7 heteroatoms. The minimum Gasteiger partial charge on any atom is -0.438 e. The van der Waals surface area contributed by atoms with Crippen LogP contribution in [-0.4, -0.2) is 20.1 Å². The highest BCUT2D eigenvalue weighted by Crippen LogP contribution is 2.30. The van der Waals surface area contributed by atoms with Gasteiger partial charge in [-0.25, -0.2) is 4.98 Å². The first-order valence-electron chi connectivity index (χ1n) is 7.92. The van der Waals surface area contributed by atoms with Crippen LogP contribution in [0.3, 0.4) is 0 Å². The Balaban J connectivity index is 1.71. The van der Waals surface area contributed by atoms with Crippen LogP contribution in [0.1, 0.15) is 5.69 Å². The van der Waals surface area contributed by atoms with E-state index in [0.717, 1.165) is 5.69 Å². The third-order valence-corrected chi connectivity index (χ3v) is 3.68. The van der Waals surface area contributed by atoms with Crippen LogP contribution in [-0.2, 0) is 0 Å². The lowest BCUT2D eigenvalue weighted by Crippen LogP contribution is -2.05. The summed E-state index contributed by atoms with van der Waals surface area (Å²) in [7, 11) is 0. The van der Waals surface area contributed by atoms with E-state index in [2.05, 4.69) is 20.1 Å². The number of hydrogen-bond acceptors (Lipinski definition) is 6. The second-order valence-electron chi connectivity index (χ2n) is 5.59. The molecule has 0 unspecified atom stereocenters. The Kier molecular flexibility index (Phi) is 4.03. The number of aryl methyl sites for hydroxylation is 1. The van der Waals surface area contributed by atoms with Crippen molar-refractivity contribution in [3.8, 4) is 34.5 Å². The van der Waals surface area contributed by atoms with Gasteiger partial charge in [0.05, 0.1) is 5.56 Å². The van der Waals surface area contributed by atoms with Gasteiger partial charge in [0.2, 0.25) is 11.7 Å². The first-order chi connectivity index (χ1) is 12.7. The molecule has 4 rings (SSSR count). The van der Waals surface area contributed by atoms with E-state index in [4.69, 9.17) is 9.26 Å². The number of aromatic amines is 1. The third kappa shape index (κ3) is 3.10. The van der Waals surface area contributed by atoms with Crippen molar-refractivity contribution < 1.29 is 9.26 Å². The molecule has 0 radical (unpaired) electrons. The van der Waals surface area contributed by atoms with Gasteiger partial charge >= 0.3 is 0 Å². The predicted molar refractivity (Wildman–Crippen MR) is 94.8 cm³/mol. The van der Waals surface area contributed by atoms with Gasteiger partial charge in [0, 0.05) is 24.2 Å². The van der Waals surface area contributed by atoms with Gasteiger partial charge in [-0.05, 0) is 31.2 Å². The van der Waals surface area contributed by atoms with Crippen molar-refractivity contribution in [1.29, 1.82) is 0 Å². The van der Waals surface area contributed by atoms with E-state index >= 15 is 0 Å². The zero-order chi connectivity index (χ0) is 17.9. The molecule has 0 aliphatic carbocycles. The molecule has 26 heavy (non-hydrogen) atoms. The smallest absolute Gasteiger partial charge is 0.263 e. The Bertz CT molecular complexity index is 1100. The van der Waals surface area contributed by atoms with Gasteiger partial charge in [0.25, 0.3) is 5.89 Å². The van der Waals surface area contributed by atoms with Gasteiger partial charge in [-0.3, -0.25) is 4.79 Å². The second kappa shape index (κ2) is 6.64. The van der Waals surface area contributed by atoms with Crippen LogP contribution in [0, 0.1) is 6.92 Å². The molecule has 0 spiro atoms. The highest BCUT2D eigenvalue weighted by molar-refractivity contribution is 5.64. The molecule has 4 aromatic rings. The molecule has 0 atom stereocenters. The Labute approximate surface area is 148 Å². The molecule has 1 aromatic carbocycles. The summed E-state index contributed by atoms with van der Waals surface area (Å²) in [5, 5.41) is 3.97. The molecule has 7 nitrogen and oxygen atoms in total.